The van der Waals surface area contributed by atoms with Crippen LogP contribution in [-0.4, -0.2) is 38.5 Å². The van der Waals surface area contributed by atoms with Crippen molar-refractivity contribution in [1.29, 1.82) is 0 Å². The normalized spacial score (nSPS) is 10.7. The molecule has 3 rings (SSSR count). The van der Waals surface area contributed by atoms with Crippen molar-refractivity contribution in [2.24, 2.45) is 0 Å². The zero-order valence-electron chi connectivity index (χ0n) is 12.8. The molecule has 0 fully saturated rings. The third-order valence-corrected chi connectivity index (χ3v) is 3.19. The number of para-hydroxylation sites is 1. The number of hydrogen-bond acceptors (Lipinski definition) is 7. The third kappa shape index (κ3) is 3.41. The van der Waals surface area contributed by atoms with E-state index >= 15 is 0 Å². The maximum atomic E-state index is 12.1. The zero-order chi connectivity index (χ0) is 16.9. The number of H-pyrrole nitrogens is 1. The van der Waals surface area contributed by atoms with Crippen LogP contribution >= 0.6 is 0 Å². The Labute approximate surface area is 136 Å². The number of nitrogens with zero attached hydrogens (tertiary/aromatic N) is 3. The van der Waals surface area contributed by atoms with E-state index in [2.05, 4.69) is 25.7 Å². The van der Waals surface area contributed by atoms with E-state index < -0.39 is 0 Å². The zero-order valence-corrected chi connectivity index (χ0v) is 12.8. The number of rotatable bonds is 6. The molecule has 0 unspecified atom stereocenters. The van der Waals surface area contributed by atoms with Gasteiger partial charge in [-0.2, -0.15) is 10.1 Å². The van der Waals surface area contributed by atoms with Crippen LogP contribution in [0, 0.1) is 0 Å². The van der Waals surface area contributed by atoms with Crippen molar-refractivity contribution in [1.82, 2.24) is 25.7 Å². The molecule has 24 heavy (non-hydrogen) atoms. The van der Waals surface area contributed by atoms with Gasteiger partial charge in [-0.1, -0.05) is 17.3 Å². The Bertz CT molecular complexity index is 842. The van der Waals surface area contributed by atoms with E-state index in [1.54, 1.807) is 30.3 Å². The first-order chi connectivity index (χ1) is 11.7. The molecule has 0 atom stereocenters. The van der Waals surface area contributed by atoms with Crippen LogP contribution in [0.5, 0.6) is 5.75 Å². The van der Waals surface area contributed by atoms with Crippen molar-refractivity contribution < 1.29 is 19.2 Å². The fourth-order valence-electron chi connectivity index (χ4n) is 2.06. The molecule has 0 saturated carbocycles. The van der Waals surface area contributed by atoms with Gasteiger partial charge in [-0.15, -0.1) is 0 Å². The molecule has 1 amide bonds. The van der Waals surface area contributed by atoms with E-state index in [1.165, 1.54) is 7.11 Å². The highest BCUT2D eigenvalue weighted by Gasteiger charge is 2.14. The van der Waals surface area contributed by atoms with Crippen molar-refractivity contribution in [3.8, 4) is 17.0 Å². The molecule has 2 aromatic heterocycles. The maximum absolute atomic E-state index is 12.1. The van der Waals surface area contributed by atoms with Crippen LogP contribution in [0.3, 0.4) is 0 Å². The van der Waals surface area contributed by atoms with Gasteiger partial charge in [-0.25, -0.2) is 0 Å². The van der Waals surface area contributed by atoms with Gasteiger partial charge in [0.25, 0.3) is 11.8 Å². The van der Waals surface area contributed by atoms with Gasteiger partial charge >= 0.3 is 0 Å². The molecule has 2 heterocycles. The highest BCUT2D eigenvalue weighted by Crippen LogP contribution is 2.27. The second-order valence-electron chi connectivity index (χ2n) is 4.90. The third-order valence-electron chi connectivity index (χ3n) is 3.19. The monoisotopic (exact) mass is 329 g/mol. The fourth-order valence-corrected chi connectivity index (χ4v) is 2.06. The van der Waals surface area contributed by atoms with E-state index in [4.69, 9.17) is 9.26 Å². The lowest BCUT2D eigenvalue weighted by Crippen LogP contribution is -2.23. The van der Waals surface area contributed by atoms with Crippen molar-refractivity contribution in [2.75, 3.05) is 7.11 Å². The van der Waals surface area contributed by atoms with Crippen molar-refractivity contribution in [2.45, 2.75) is 13.2 Å². The Morgan fingerprint density at radius 3 is 3.04 bits per heavy atom. The molecule has 0 saturated heterocycles. The van der Waals surface area contributed by atoms with Gasteiger partial charge in [0.05, 0.1) is 12.2 Å². The summed E-state index contributed by atoms with van der Waals surface area (Å²) in [5, 5.41) is 22.9. The summed E-state index contributed by atoms with van der Waals surface area (Å²) >= 11 is 0. The van der Waals surface area contributed by atoms with Crippen LogP contribution in [0.1, 0.15) is 22.2 Å². The summed E-state index contributed by atoms with van der Waals surface area (Å²) < 4.78 is 9.81. The van der Waals surface area contributed by atoms with Crippen LogP contribution in [0.15, 0.2) is 34.9 Å². The second kappa shape index (κ2) is 6.92. The topological polar surface area (TPSA) is 126 Å². The Hall–Kier alpha value is -3.20. The van der Waals surface area contributed by atoms with Crippen LogP contribution in [0.25, 0.3) is 11.3 Å². The predicted molar refractivity (Wildman–Crippen MR) is 81.9 cm³/mol. The number of aromatic nitrogens is 4. The van der Waals surface area contributed by atoms with Gasteiger partial charge in [0.15, 0.2) is 5.82 Å². The molecular weight excluding hydrogens is 314 g/mol. The fraction of sp³-hybridized carbons (Fsp3) is 0.200. The molecule has 3 aromatic rings. The minimum Gasteiger partial charge on any atom is -0.507 e. The van der Waals surface area contributed by atoms with Gasteiger partial charge in [-0.05, 0) is 18.2 Å². The van der Waals surface area contributed by atoms with E-state index in [0.29, 0.717) is 23.0 Å². The summed E-state index contributed by atoms with van der Waals surface area (Å²) in [6.45, 7) is 0.322. The summed E-state index contributed by atoms with van der Waals surface area (Å²) in [4.78, 5) is 16.2. The van der Waals surface area contributed by atoms with Crippen LogP contribution < -0.4 is 5.32 Å². The molecule has 9 nitrogen and oxygen atoms in total. The van der Waals surface area contributed by atoms with Crippen molar-refractivity contribution >= 4 is 5.91 Å². The van der Waals surface area contributed by atoms with Gasteiger partial charge in [0.1, 0.15) is 18.1 Å². The number of carbonyl (C=O) groups is 1. The lowest BCUT2D eigenvalue weighted by Gasteiger charge is -1.99. The lowest BCUT2D eigenvalue weighted by atomic mass is 10.1. The molecule has 0 bridgehead atoms. The SMILES string of the molecule is COCc1nc(CNC(=O)c2cc(-c3ccccc3O)n[nH]2)no1. The summed E-state index contributed by atoms with van der Waals surface area (Å²) in [6, 6.07) is 8.30. The highest BCUT2D eigenvalue weighted by molar-refractivity contribution is 5.93. The van der Waals surface area contributed by atoms with Gasteiger partial charge in [0.2, 0.25) is 0 Å². The van der Waals surface area contributed by atoms with Gasteiger partial charge in [-0.3, -0.25) is 9.89 Å². The largest absolute Gasteiger partial charge is 0.507 e. The van der Waals surface area contributed by atoms with Crippen LogP contribution in [-0.2, 0) is 17.9 Å². The number of nitrogens with one attached hydrogen (secondary N) is 2. The number of aromatic hydroxyl groups is 1. The molecule has 3 N–H and O–H groups in total. The molecule has 0 spiro atoms. The molecule has 124 valence electrons. The van der Waals surface area contributed by atoms with Crippen LogP contribution in [0.4, 0.5) is 0 Å². The molecule has 1 aromatic carbocycles. The molecule has 0 radical (unpaired) electrons. The van der Waals surface area contributed by atoms with Gasteiger partial charge < -0.3 is 19.7 Å². The number of benzene rings is 1. The number of phenolic OH excluding ortho intramolecular Hbond substituents is 1. The van der Waals surface area contributed by atoms with Crippen LogP contribution in [0.2, 0.25) is 0 Å². The second-order valence-corrected chi connectivity index (χ2v) is 4.90. The number of methoxy groups -OCH3 is 1. The number of hydrogen-bond donors (Lipinski definition) is 3. The standard InChI is InChI=1S/C15H15N5O4/c1-23-8-14-17-13(20-24-14)7-16-15(22)11-6-10(18-19-11)9-4-2-3-5-12(9)21/h2-6,21H,7-8H2,1H3,(H,16,22)(H,18,19). The number of carbonyl (C=O) groups excluding carboxylic acids is 1. The van der Waals surface area contributed by atoms with Gasteiger partial charge in [0, 0.05) is 12.7 Å². The number of aromatic amines is 1. The minimum atomic E-state index is -0.373. The molecule has 0 aliphatic rings. The number of amides is 1. The maximum Gasteiger partial charge on any atom is 0.269 e. The van der Waals surface area contributed by atoms with Crippen molar-refractivity contribution in [3.05, 3.63) is 47.7 Å². The molecule has 9 heteroatoms. The summed E-state index contributed by atoms with van der Waals surface area (Å²) in [5.41, 5.74) is 1.27. The Morgan fingerprint density at radius 2 is 2.25 bits per heavy atom. The summed E-state index contributed by atoms with van der Waals surface area (Å²) in [7, 11) is 1.52. The Balaban J connectivity index is 1.64. The minimum absolute atomic E-state index is 0.0911. The quantitative estimate of drug-likeness (QED) is 0.621. The smallest absolute Gasteiger partial charge is 0.269 e. The molecule has 0 aliphatic carbocycles. The van der Waals surface area contributed by atoms with E-state index in [0.717, 1.165) is 0 Å². The van der Waals surface area contributed by atoms with E-state index in [-0.39, 0.29) is 30.5 Å². The summed E-state index contributed by atoms with van der Waals surface area (Å²) in [5.74, 6) is 0.400. The number of ether oxygens (including phenoxy) is 1. The predicted octanol–water partition coefficient (Wildman–Crippen LogP) is 1.24. The first-order valence-corrected chi connectivity index (χ1v) is 7.09. The number of phenols is 1. The average Bonchev–Trinajstić information content (AvgIpc) is 3.23. The highest BCUT2D eigenvalue weighted by atomic mass is 16.5. The van der Waals surface area contributed by atoms with E-state index in [1.807, 2.05) is 0 Å². The molecular formula is C15H15N5O4. The first-order valence-electron chi connectivity index (χ1n) is 7.09. The molecule has 0 aliphatic heterocycles. The lowest BCUT2D eigenvalue weighted by molar-refractivity contribution is 0.0944. The van der Waals surface area contributed by atoms with Crippen molar-refractivity contribution in [3.63, 3.8) is 0 Å². The average molecular weight is 329 g/mol. The summed E-state index contributed by atoms with van der Waals surface area (Å²) in [6.07, 6.45) is 0. The Kier molecular flexibility index (Phi) is 4.52. The Morgan fingerprint density at radius 1 is 1.42 bits per heavy atom. The first kappa shape index (κ1) is 15.7. The van der Waals surface area contributed by atoms with E-state index in [9.17, 15) is 9.90 Å².